The van der Waals surface area contributed by atoms with Gasteiger partial charge in [0.1, 0.15) is 0 Å². The molecule has 1 saturated carbocycles. The van der Waals surface area contributed by atoms with Crippen LogP contribution in [0.4, 0.5) is 0 Å². The molecule has 1 unspecified atom stereocenters. The van der Waals surface area contributed by atoms with Crippen molar-refractivity contribution >= 4 is 29.9 Å². The molecule has 0 amide bonds. The predicted octanol–water partition coefficient (Wildman–Crippen LogP) is 2.78. The minimum atomic E-state index is 0. The smallest absolute Gasteiger partial charge is 0.191 e. The SMILES string of the molecule is CCNC(=NCC1(C)CCCC1)NCC1CCOC1.I. The van der Waals surface area contributed by atoms with Crippen LogP contribution in [0.3, 0.4) is 0 Å². The van der Waals surface area contributed by atoms with Gasteiger partial charge in [0.05, 0.1) is 6.61 Å². The molecule has 118 valence electrons. The van der Waals surface area contributed by atoms with E-state index < -0.39 is 0 Å². The Morgan fingerprint density at radius 2 is 2.05 bits per heavy atom. The number of hydrogen-bond acceptors (Lipinski definition) is 2. The Morgan fingerprint density at radius 3 is 2.65 bits per heavy atom. The molecule has 4 nitrogen and oxygen atoms in total. The maximum atomic E-state index is 5.41. The first-order chi connectivity index (χ1) is 9.22. The van der Waals surface area contributed by atoms with Crippen LogP contribution < -0.4 is 10.6 Å². The van der Waals surface area contributed by atoms with E-state index in [2.05, 4.69) is 24.5 Å². The van der Waals surface area contributed by atoms with Crippen molar-refractivity contribution in [3.8, 4) is 0 Å². The van der Waals surface area contributed by atoms with E-state index in [-0.39, 0.29) is 24.0 Å². The summed E-state index contributed by atoms with van der Waals surface area (Å²) in [6.07, 6.45) is 6.56. The first-order valence-corrected chi connectivity index (χ1v) is 7.82. The molecule has 2 aliphatic rings. The Balaban J connectivity index is 0.00000200. The Hall–Kier alpha value is -0.0400. The molecule has 1 aliphatic heterocycles. The maximum Gasteiger partial charge on any atom is 0.191 e. The van der Waals surface area contributed by atoms with Crippen LogP contribution in [0, 0.1) is 11.3 Å². The molecule has 5 heteroatoms. The monoisotopic (exact) mass is 395 g/mol. The van der Waals surface area contributed by atoms with Gasteiger partial charge in [-0.05, 0) is 31.6 Å². The highest BCUT2D eigenvalue weighted by atomic mass is 127. The second-order valence-electron chi connectivity index (χ2n) is 6.32. The lowest BCUT2D eigenvalue weighted by molar-refractivity contribution is 0.186. The zero-order valence-electron chi connectivity index (χ0n) is 12.9. The summed E-state index contributed by atoms with van der Waals surface area (Å²) in [5.41, 5.74) is 0.429. The standard InChI is InChI=1S/C15H29N3O.HI/c1-3-16-14(17-10-13-6-9-19-11-13)18-12-15(2)7-4-5-8-15;/h13H,3-12H2,1-2H3,(H2,16,17,18);1H. The summed E-state index contributed by atoms with van der Waals surface area (Å²) >= 11 is 0. The topological polar surface area (TPSA) is 45.7 Å². The fourth-order valence-corrected chi connectivity index (χ4v) is 2.98. The molecule has 20 heavy (non-hydrogen) atoms. The van der Waals surface area contributed by atoms with Crippen LogP contribution in [0.5, 0.6) is 0 Å². The van der Waals surface area contributed by atoms with E-state index in [1.165, 1.54) is 32.1 Å². The van der Waals surface area contributed by atoms with E-state index in [1.807, 2.05) is 0 Å². The lowest BCUT2D eigenvalue weighted by Crippen LogP contribution is -2.40. The second-order valence-corrected chi connectivity index (χ2v) is 6.32. The summed E-state index contributed by atoms with van der Waals surface area (Å²) in [6.45, 7) is 9.14. The van der Waals surface area contributed by atoms with E-state index in [4.69, 9.17) is 9.73 Å². The fraction of sp³-hybridized carbons (Fsp3) is 0.933. The quantitative estimate of drug-likeness (QED) is 0.428. The summed E-state index contributed by atoms with van der Waals surface area (Å²) in [5, 5.41) is 6.81. The van der Waals surface area contributed by atoms with E-state index in [0.29, 0.717) is 11.3 Å². The Morgan fingerprint density at radius 1 is 1.30 bits per heavy atom. The number of hydrogen-bond donors (Lipinski definition) is 2. The van der Waals surface area contributed by atoms with Gasteiger partial charge in [-0.25, -0.2) is 0 Å². The third-order valence-corrected chi connectivity index (χ3v) is 4.36. The number of rotatable bonds is 5. The Kier molecular flexibility index (Phi) is 8.17. The summed E-state index contributed by atoms with van der Waals surface area (Å²) < 4.78 is 5.41. The van der Waals surface area contributed by atoms with Crippen molar-refractivity contribution in [3.05, 3.63) is 0 Å². The molecule has 1 aliphatic carbocycles. The zero-order chi connectivity index (χ0) is 13.6. The van der Waals surface area contributed by atoms with Crippen LogP contribution in [0.1, 0.15) is 46.0 Å². The van der Waals surface area contributed by atoms with Crippen molar-refractivity contribution in [2.45, 2.75) is 46.0 Å². The maximum absolute atomic E-state index is 5.41. The van der Waals surface area contributed by atoms with Crippen molar-refractivity contribution in [2.24, 2.45) is 16.3 Å². The number of nitrogens with zero attached hydrogens (tertiary/aromatic N) is 1. The third kappa shape index (κ3) is 5.76. The van der Waals surface area contributed by atoms with Crippen LogP contribution in [-0.2, 0) is 4.74 Å². The van der Waals surface area contributed by atoms with Crippen molar-refractivity contribution in [1.29, 1.82) is 0 Å². The Bertz CT molecular complexity index is 297. The summed E-state index contributed by atoms with van der Waals surface area (Å²) in [4.78, 5) is 4.78. The number of ether oxygens (including phenoxy) is 1. The molecule has 0 aromatic rings. The van der Waals surface area contributed by atoms with Gasteiger partial charge in [-0.2, -0.15) is 0 Å². The van der Waals surface area contributed by atoms with Gasteiger partial charge in [-0.3, -0.25) is 4.99 Å². The van der Waals surface area contributed by atoms with Crippen molar-refractivity contribution in [3.63, 3.8) is 0 Å². The average Bonchev–Trinajstić information content (AvgIpc) is 3.05. The van der Waals surface area contributed by atoms with Crippen LogP contribution in [0.2, 0.25) is 0 Å². The molecule has 1 atom stereocenters. The minimum absolute atomic E-state index is 0. The van der Waals surface area contributed by atoms with Crippen LogP contribution >= 0.6 is 24.0 Å². The first kappa shape index (κ1) is 18.0. The normalized spacial score (nSPS) is 25.3. The number of aliphatic imine (C=N–C) groups is 1. The molecule has 0 aromatic carbocycles. The van der Waals surface area contributed by atoms with Crippen molar-refractivity contribution in [2.75, 3.05) is 32.8 Å². The highest BCUT2D eigenvalue weighted by Gasteiger charge is 2.28. The molecule has 2 N–H and O–H groups in total. The van der Waals surface area contributed by atoms with Gasteiger partial charge in [-0.15, -0.1) is 24.0 Å². The zero-order valence-corrected chi connectivity index (χ0v) is 15.2. The summed E-state index contributed by atoms with van der Waals surface area (Å²) in [6, 6.07) is 0. The molecular formula is C15H30IN3O. The van der Waals surface area contributed by atoms with Gasteiger partial charge in [0, 0.05) is 32.2 Å². The average molecular weight is 395 g/mol. The van der Waals surface area contributed by atoms with Gasteiger partial charge < -0.3 is 15.4 Å². The van der Waals surface area contributed by atoms with E-state index in [0.717, 1.165) is 38.8 Å². The van der Waals surface area contributed by atoms with Gasteiger partial charge in [0.2, 0.25) is 0 Å². The highest BCUT2D eigenvalue weighted by molar-refractivity contribution is 14.0. The molecule has 0 bridgehead atoms. The summed E-state index contributed by atoms with van der Waals surface area (Å²) in [7, 11) is 0. The number of guanidine groups is 1. The van der Waals surface area contributed by atoms with Crippen LogP contribution in [0.15, 0.2) is 4.99 Å². The van der Waals surface area contributed by atoms with Crippen molar-refractivity contribution in [1.82, 2.24) is 10.6 Å². The van der Waals surface area contributed by atoms with Gasteiger partial charge >= 0.3 is 0 Å². The molecule has 2 rings (SSSR count). The van der Waals surface area contributed by atoms with Gasteiger partial charge in [0.25, 0.3) is 0 Å². The van der Waals surface area contributed by atoms with E-state index in [1.54, 1.807) is 0 Å². The number of halogens is 1. The molecule has 0 aromatic heterocycles. The minimum Gasteiger partial charge on any atom is -0.381 e. The predicted molar refractivity (Wildman–Crippen MR) is 94.9 cm³/mol. The Labute approximate surface area is 140 Å². The van der Waals surface area contributed by atoms with Gasteiger partial charge in [-0.1, -0.05) is 19.8 Å². The molecule has 2 fully saturated rings. The molecular weight excluding hydrogens is 365 g/mol. The third-order valence-electron chi connectivity index (χ3n) is 4.36. The largest absolute Gasteiger partial charge is 0.381 e. The highest BCUT2D eigenvalue weighted by Crippen LogP contribution is 2.37. The van der Waals surface area contributed by atoms with Crippen molar-refractivity contribution < 1.29 is 4.74 Å². The lowest BCUT2D eigenvalue weighted by atomic mass is 9.89. The first-order valence-electron chi connectivity index (χ1n) is 7.82. The lowest BCUT2D eigenvalue weighted by Gasteiger charge is -2.22. The van der Waals surface area contributed by atoms with E-state index in [9.17, 15) is 0 Å². The second kappa shape index (κ2) is 9.07. The summed E-state index contributed by atoms with van der Waals surface area (Å²) in [5.74, 6) is 1.62. The fourth-order valence-electron chi connectivity index (χ4n) is 2.98. The number of nitrogens with one attached hydrogen (secondary N) is 2. The molecule has 1 saturated heterocycles. The van der Waals surface area contributed by atoms with Crippen LogP contribution in [0.25, 0.3) is 0 Å². The molecule has 0 spiro atoms. The molecule has 0 radical (unpaired) electrons. The molecule has 1 heterocycles. The van der Waals surface area contributed by atoms with E-state index >= 15 is 0 Å². The van der Waals surface area contributed by atoms with Gasteiger partial charge in [0.15, 0.2) is 5.96 Å². The van der Waals surface area contributed by atoms with Crippen LogP contribution in [-0.4, -0.2) is 38.8 Å².